The van der Waals surface area contributed by atoms with Crippen LogP contribution in [0, 0.1) is 0 Å². The van der Waals surface area contributed by atoms with Gasteiger partial charge in [0.05, 0.1) is 26.6 Å². The number of piperidine rings is 2. The molecule has 0 aromatic heterocycles. The summed E-state index contributed by atoms with van der Waals surface area (Å²) in [5, 5.41) is 14.6. The summed E-state index contributed by atoms with van der Waals surface area (Å²) >= 11 is 12.8. The quantitative estimate of drug-likeness (QED) is 0.374. The minimum atomic E-state index is -4.00. The summed E-state index contributed by atoms with van der Waals surface area (Å²) in [6.45, 7) is 3.25. The van der Waals surface area contributed by atoms with Crippen LogP contribution in [0.2, 0.25) is 10.0 Å². The molecule has 2 heterocycles. The number of benzene rings is 3. The second kappa shape index (κ2) is 12.0. The first kappa shape index (κ1) is 30.0. The van der Waals surface area contributed by atoms with E-state index in [0.717, 1.165) is 5.56 Å². The maximum Gasteiger partial charge on any atom is 0.253 e. The Morgan fingerprint density at radius 3 is 2.22 bits per heavy atom. The number of nitrogens with one attached hydrogen (secondary N) is 1. The zero-order chi connectivity index (χ0) is 29.3. The van der Waals surface area contributed by atoms with Gasteiger partial charge in [0.15, 0.2) is 4.99 Å². The van der Waals surface area contributed by atoms with Crippen LogP contribution in [0.25, 0.3) is 0 Å². The molecule has 2 unspecified atom stereocenters. The molecule has 2 aliphatic rings. The van der Waals surface area contributed by atoms with Crippen LogP contribution in [0.1, 0.15) is 48.5 Å². The van der Waals surface area contributed by atoms with Gasteiger partial charge < -0.3 is 10.0 Å². The monoisotopic (exact) mass is 615 g/mol. The first-order chi connectivity index (χ1) is 19.6. The van der Waals surface area contributed by atoms with E-state index in [0.29, 0.717) is 60.9 Å². The summed E-state index contributed by atoms with van der Waals surface area (Å²) in [4.78, 5) is 16.0. The van der Waals surface area contributed by atoms with E-state index in [4.69, 9.17) is 23.2 Å². The molecule has 0 saturated carbocycles. The Morgan fingerprint density at radius 1 is 0.951 bits per heavy atom. The third kappa shape index (κ3) is 5.91. The fraction of sp³-hybridized carbons (Fsp3) is 0.387. The Bertz CT molecular complexity index is 1480. The van der Waals surface area contributed by atoms with Crippen molar-refractivity contribution in [3.8, 4) is 0 Å². The molecule has 0 aliphatic carbocycles. The van der Waals surface area contributed by atoms with Crippen LogP contribution in [0.15, 0.2) is 83.8 Å². The highest BCUT2D eigenvalue weighted by molar-refractivity contribution is 7.92. The SMILES string of the molecule is CC(NC1(c2ccc(Cl)c(Cl)c2)CCCN(C(=O)c2ccccc2)C1)(N1CCC(O)CC1)S(=O)(=O)c1ccccc1. The van der Waals surface area contributed by atoms with Gasteiger partial charge in [-0.2, -0.15) is 0 Å². The number of aliphatic hydroxyl groups excluding tert-OH is 1. The number of hydrogen-bond donors (Lipinski definition) is 2. The smallest absolute Gasteiger partial charge is 0.253 e. The lowest BCUT2D eigenvalue weighted by molar-refractivity contribution is 0.0108. The summed E-state index contributed by atoms with van der Waals surface area (Å²) < 4.78 is 29.1. The molecule has 3 aromatic rings. The predicted octanol–water partition coefficient (Wildman–Crippen LogP) is 5.32. The lowest BCUT2D eigenvalue weighted by atomic mass is 9.81. The number of carbonyl (C=O) groups is 1. The number of nitrogens with zero attached hydrogens (tertiary/aromatic N) is 2. The number of carbonyl (C=O) groups excluding carboxylic acids is 1. The van der Waals surface area contributed by atoms with Gasteiger partial charge in [-0.25, -0.2) is 8.42 Å². The van der Waals surface area contributed by atoms with Crippen molar-refractivity contribution < 1.29 is 18.3 Å². The zero-order valence-corrected chi connectivity index (χ0v) is 25.3. The summed E-state index contributed by atoms with van der Waals surface area (Å²) in [6.07, 6.45) is 1.65. The summed E-state index contributed by atoms with van der Waals surface area (Å²) in [5.74, 6) is -0.120. The number of sulfone groups is 1. The van der Waals surface area contributed by atoms with Crippen molar-refractivity contribution in [2.45, 2.75) is 54.1 Å². The van der Waals surface area contributed by atoms with Crippen molar-refractivity contribution in [3.05, 3.63) is 100 Å². The van der Waals surface area contributed by atoms with E-state index in [-0.39, 0.29) is 17.3 Å². The third-order valence-corrected chi connectivity index (χ3v) is 11.4. The molecule has 1 amide bonds. The van der Waals surface area contributed by atoms with Crippen LogP contribution < -0.4 is 5.32 Å². The van der Waals surface area contributed by atoms with Gasteiger partial charge in [0, 0.05) is 31.7 Å². The molecule has 10 heteroatoms. The van der Waals surface area contributed by atoms with Crippen molar-refractivity contribution in [2.75, 3.05) is 26.2 Å². The van der Waals surface area contributed by atoms with Crippen LogP contribution in [-0.2, 0) is 15.4 Å². The van der Waals surface area contributed by atoms with Gasteiger partial charge in [0.1, 0.15) is 0 Å². The minimum absolute atomic E-state index is 0.120. The highest BCUT2D eigenvalue weighted by Gasteiger charge is 2.53. The van der Waals surface area contributed by atoms with E-state index >= 15 is 0 Å². The first-order valence-electron chi connectivity index (χ1n) is 13.9. The van der Waals surface area contributed by atoms with Crippen LogP contribution in [0.5, 0.6) is 0 Å². The number of hydrogen-bond acceptors (Lipinski definition) is 6. The molecule has 41 heavy (non-hydrogen) atoms. The molecule has 3 aromatic carbocycles. The van der Waals surface area contributed by atoms with Crippen molar-refractivity contribution in [2.24, 2.45) is 0 Å². The summed E-state index contributed by atoms with van der Waals surface area (Å²) in [5.41, 5.74) is 0.356. The maximum atomic E-state index is 14.5. The molecular weight excluding hydrogens is 581 g/mol. The molecule has 2 atom stereocenters. The Kier molecular flexibility index (Phi) is 8.81. The standard InChI is InChI=1S/C31H35Cl2N3O4S/c1-30(36-19-15-25(37)16-20-36,41(39,40)26-11-6-3-7-12-26)34-31(24-13-14-27(32)28(33)21-24)17-8-18-35(22-31)29(38)23-9-4-2-5-10-23/h2-7,9-14,21,25,34,37H,8,15-20,22H2,1H3. The van der Waals surface area contributed by atoms with Gasteiger partial charge in [0.2, 0.25) is 9.84 Å². The lowest BCUT2D eigenvalue weighted by Gasteiger charge is -2.52. The fourth-order valence-corrected chi connectivity index (χ4v) is 8.20. The molecular formula is C31H35Cl2N3O4S. The highest BCUT2D eigenvalue weighted by atomic mass is 35.5. The van der Waals surface area contributed by atoms with Crippen LogP contribution >= 0.6 is 23.2 Å². The van der Waals surface area contributed by atoms with E-state index < -0.39 is 26.5 Å². The van der Waals surface area contributed by atoms with Gasteiger partial charge in [-0.15, -0.1) is 0 Å². The van der Waals surface area contributed by atoms with Gasteiger partial charge >= 0.3 is 0 Å². The van der Waals surface area contributed by atoms with E-state index in [1.807, 2.05) is 29.2 Å². The Balaban J connectivity index is 1.63. The van der Waals surface area contributed by atoms with E-state index in [1.54, 1.807) is 66.4 Å². The Hall–Kier alpha value is -2.46. The Labute approximate surface area is 252 Å². The second-order valence-electron chi connectivity index (χ2n) is 11.0. The topological polar surface area (TPSA) is 89.9 Å². The average Bonchev–Trinajstić information content (AvgIpc) is 2.99. The molecule has 5 rings (SSSR count). The number of likely N-dealkylation sites (tertiary alicyclic amines) is 2. The first-order valence-corrected chi connectivity index (χ1v) is 16.1. The van der Waals surface area contributed by atoms with Crippen molar-refractivity contribution in [1.29, 1.82) is 0 Å². The van der Waals surface area contributed by atoms with Crippen molar-refractivity contribution in [1.82, 2.24) is 15.1 Å². The van der Waals surface area contributed by atoms with E-state index in [1.165, 1.54) is 0 Å². The molecule has 7 nitrogen and oxygen atoms in total. The van der Waals surface area contributed by atoms with Crippen LogP contribution in [0.4, 0.5) is 0 Å². The molecule has 2 fully saturated rings. The number of aliphatic hydroxyl groups is 1. The molecule has 218 valence electrons. The average molecular weight is 617 g/mol. The number of rotatable bonds is 7. The van der Waals surface area contributed by atoms with Crippen molar-refractivity contribution >= 4 is 38.9 Å². The van der Waals surface area contributed by atoms with Gasteiger partial charge in [-0.3, -0.25) is 15.0 Å². The minimum Gasteiger partial charge on any atom is -0.393 e. The molecule has 2 saturated heterocycles. The Morgan fingerprint density at radius 2 is 1.59 bits per heavy atom. The van der Waals surface area contributed by atoms with Crippen LogP contribution in [0.3, 0.4) is 0 Å². The normalized spacial score (nSPS) is 22.3. The number of amides is 1. The van der Waals surface area contributed by atoms with E-state index in [2.05, 4.69) is 5.32 Å². The lowest BCUT2D eigenvalue weighted by Crippen LogP contribution is -2.71. The fourth-order valence-electron chi connectivity index (χ4n) is 6.08. The van der Waals surface area contributed by atoms with Gasteiger partial charge in [-0.05, 0) is 74.6 Å². The number of halogens is 2. The third-order valence-electron chi connectivity index (χ3n) is 8.39. The van der Waals surface area contributed by atoms with E-state index in [9.17, 15) is 18.3 Å². The van der Waals surface area contributed by atoms with Crippen molar-refractivity contribution in [3.63, 3.8) is 0 Å². The van der Waals surface area contributed by atoms with Crippen LogP contribution in [-0.4, -0.2) is 66.5 Å². The molecule has 0 radical (unpaired) electrons. The molecule has 0 bridgehead atoms. The zero-order valence-electron chi connectivity index (χ0n) is 23.0. The molecule has 2 aliphatic heterocycles. The summed E-state index contributed by atoms with van der Waals surface area (Å²) in [7, 11) is -4.00. The molecule has 2 N–H and O–H groups in total. The van der Waals surface area contributed by atoms with Gasteiger partial charge in [0.25, 0.3) is 5.91 Å². The predicted molar refractivity (Wildman–Crippen MR) is 162 cm³/mol. The largest absolute Gasteiger partial charge is 0.393 e. The second-order valence-corrected chi connectivity index (χ2v) is 14.1. The summed E-state index contributed by atoms with van der Waals surface area (Å²) in [6, 6.07) is 22.8. The van der Waals surface area contributed by atoms with Gasteiger partial charge in [-0.1, -0.05) is 65.7 Å². The molecule has 0 spiro atoms. The maximum absolute atomic E-state index is 14.5. The highest BCUT2D eigenvalue weighted by Crippen LogP contribution is 2.40.